The van der Waals surface area contributed by atoms with Gasteiger partial charge in [0.2, 0.25) is 5.91 Å². The van der Waals surface area contributed by atoms with E-state index in [1.807, 2.05) is 62.5 Å². The van der Waals surface area contributed by atoms with E-state index in [0.29, 0.717) is 18.0 Å². The molecule has 4 rings (SSSR count). The number of para-hydroxylation sites is 1. The number of amides is 1. The first-order valence-corrected chi connectivity index (χ1v) is 11.6. The lowest BCUT2D eigenvalue weighted by Gasteiger charge is -2.30. The van der Waals surface area contributed by atoms with Gasteiger partial charge in [-0.2, -0.15) is 0 Å². The molecule has 3 aromatic rings. The van der Waals surface area contributed by atoms with Crippen LogP contribution in [0.25, 0.3) is 0 Å². The maximum Gasteiger partial charge on any atom is 0.246 e. The molecule has 1 N–H and O–H groups in total. The average Bonchev–Trinajstić information content (AvgIpc) is 3.35. The van der Waals surface area contributed by atoms with Gasteiger partial charge in [0.1, 0.15) is 11.8 Å². The minimum Gasteiger partial charge on any atom is -0.495 e. The average molecular weight is 444 g/mol. The summed E-state index contributed by atoms with van der Waals surface area (Å²) in [5.41, 5.74) is 5.23. The maximum atomic E-state index is 13.6. The van der Waals surface area contributed by atoms with Crippen LogP contribution in [0.5, 0.6) is 5.75 Å². The molecule has 1 amide bonds. The zero-order chi connectivity index (χ0) is 23.2. The van der Waals surface area contributed by atoms with E-state index in [4.69, 9.17) is 4.74 Å². The van der Waals surface area contributed by atoms with Crippen molar-refractivity contribution in [3.05, 3.63) is 89.5 Å². The van der Waals surface area contributed by atoms with Crippen molar-refractivity contribution in [1.29, 1.82) is 0 Å². The third-order valence-corrected chi connectivity index (χ3v) is 6.28. The highest BCUT2D eigenvalue weighted by molar-refractivity contribution is 5.96. The molecule has 0 saturated carbocycles. The quantitative estimate of drug-likeness (QED) is 0.505. The highest BCUT2D eigenvalue weighted by atomic mass is 16.5. The Kier molecular flexibility index (Phi) is 7.30. The van der Waals surface area contributed by atoms with Crippen molar-refractivity contribution in [2.45, 2.75) is 32.4 Å². The number of nitrogens with zero attached hydrogens (tertiary/aromatic N) is 2. The molecule has 1 saturated heterocycles. The number of ether oxygens (including phenoxy) is 1. The van der Waals surface area contributed by atoms with Crippen molar-refractivity contribution in [3.63, 3.8) is 0 Å². The highest BCUT2D eigenvalue weighted by Crippen LogP contribution is 2.31. The second-order valence-electron chi connectivity index (χ2n) is 8.74. The second kappa shape index (κ2) is 10.5. The number of carbonyl (C=O) groups excluding carboxylic acids is 1. The van der Waals surface area contributed by atoms with E-state index in [2.05, 4.69) is 39.4 Å². The summed E-state index contributed by atoms with van der Waals surface area (Å²) in [4.78, 5) is 18.2. The summed E-state index contributed by atoms with van der Waals surface area (Å²) in [7, 11) is 3.64. The normalized spacial score (nSPS) is 14.4. The van der Waals surface area contributed by atoms with Crippen molar-refractivity contribution in [2.24, 2.45) is 0 Å². The Labute approximate surface area is 197 Å². The van der Waals surface area contributed by atoms with Crippen LogP contribution >= 0.6 is 0 Å². The van der Waals surface area contributed by atoms with Crippen molar-refractivity contribution >= 4 is 17.3 Å². The Morgan fingerprint density at radius 2 is 1.73 bits per heavy atom. The first-order valence-electron chi connectivity index (χ1n) is 11.6. The Morgan fingerprint density at radius 1 is 1.03 bits per heavy atom. The molecule has 1 aliphatic heterocycles. The molecule has 172 valence electrons. The van der Waals surface area contributed by atoms with Crippen molar-refractivity contribution in [2.75, 3.05) is 37.5 Å². The van der Waals surface area contributed by atoms with Gasteiger partial charge >= 0.3 is 0 Å². The van der Waals surface area contributed by atoms with Crippen LogP contribution in [0.2, 0.25) is 0 Å². The highest BCUT2D eigenvalue weighted by Gasteiger charge is 2.27. The molecule has 5 nitrogen and oxygen atoms in total. The van der Waals surface area contributed by atoms with Crippen LogP contribution in [0.15, 0.2) is 72.8 Å². The van der Waals surface area contributed by atoms with Gasteiger partial charge in [-0.15, -0.1) is 0 Å². The largest absolute Gasteiger partial charge is 0.495 e. The van der Waals surface area contributed by atoms with Gasteiger partial charge in [-0.05, 0) is 61.7 Å². The molecule has 1 unspecified atom stereocenters. The smallest absolute Gasteiger partial charge is 0.246 e. The van der Waals surface area contributed by atoms with Crippen LogP contribution in [0.1, 0.15) is 35.6 Å². The van der Waals surface area contributed by atoms with E-state index in [1.54, 1.807) is 7.11 Å². The second-order valence-corrected chi connectivity index (χ2v) is 8.74. The zero-order valence-electron chi connectivity index (χ0n) is 19.8. The number of benzene rings is 3. The number of likely N-dealkylation sites (N-methyl/N-ethyl adjacent to an activating group) is 1. The lowest BCUT2D eigenvalue weighted by Crippen LogP contribution is -2.35. The van der Waals surface area contributed by atoms with Crippen LogP contribution < -0.4 is 15.0 Å². The van der Waals surface area contributed by atoms with Gasteiger partial charge in [-0.1, -0.05) is 54.6 Å². The fourth-order valence-electron chi connectivity index (χ4n) is 4.63. The number of rotatable bonds is 8. The minimum atomic E-state index is -0.442. The number of nitrogens with one attached hydrogen (secondary N) is 1. The third-order valence-electron chi connectivity index (χ3n) is 6.28. The van der Waals surface area contributed by atoms with Gasteiger partial charge in [0, 0.05) is 25.3 Å². The van der Waals surface area contributed by atoms with Gasteiger partial charge < -0.3 is 15.0 Å². The SMILES string of the molecule is COc1ccc(C)cc1NC(=O)C(c1ccccc1)N(C)Cc1ccccc1N1CCCC1. The number of anilines is 2. The van der Waals surface area contributed by atoms with Gasteiger partial charge in [0.25, 0.3) is 0 Å². The Balaban J connectivity index is 1.62. The minimum absolute atomic E-state index is 0.0775. The van der Waals surface area contributed by atoms with E-state index >= 15 is 0 Å². The predicted octanol–water partition coefficient (Wildman–Crippen LogP) is 5.42. The fourth-order valence-corrected chi connectivity index (χ4v) is 4.63. The number of carbonyl (C=O) groups is 1. The number of aryl methyl sites for hydroxylation is 1. The molecular formula is C28H33N3O2. The first kappa shape index (κ1) is 22.9. The Hall–Kier alpha value is -3.31. The summed E-state index contributed by atoms with van der Waals surface area (Å²) in [5, 5.41) is 3.12. The summed E-state index contributed by atoms with van der Waals surface area (Å²) in [6.07, 6.45) is 2.47. The van der Waals surface area contributed by atoms with Crippen LogP contribution in [-0.2, 0) is 11.3 Å². The topological polar surface area (TPSA) is 44.8 Å². The summed E-state index contributed by atoms with van der Waals surface area (Å²) >= 11 is 0. The van der Waals surface area contributed by atoms with E-state index < -0.39 is 6.04 Å². The van der Waals surface area contributed by atoms with Gasteiger partial charge in [0.05, 0.1) is 12.8 Å². The van der Waals surface area contributed by atoms with E-state index in [0.717, 1.165) is 24.2 Å². The molecule has 3 aromatic carbocycles. The van der Waals surface area contributed by atoms with Crippen molar-refractivity contribution < 1.29 is 9.53 Å². The molecule has 1 fully saturated rings. The summed E-state index contributed by atoms with van der Waals surface area (Å²) in [6.45, 7) is 4.86. The monoisotopic (exact) mass is 443 g/mol. The molecule has 0 aromatic heterocycles. The molecule has 0 radical (unpaired) electrons. The van der Waals surface area contributed by atoms with E-state index in [9.17, 15) is 4.79 Å². The number of hydrogen-bond donors (Lipinski definition) is 1. The standard InChI is InChI=1S/C28H33N3O2/c1-21-15-16-26(33-3)24(19-21)29-28(32)27(22-11-5-4-6-12-22)30(2)20-23-13-7-8-14-25(23)31-17-9-10-18-31/h4-8,11-16,19,27H,9-10,17-18,20H2,1-3H3,(H,29,32). The van der Waals surface area contributed by atoms with Crippen molar-refractivity contribution in [3.8, 4) is 5.75 Å². The number of hydrogen-bond acceptors (Lipinski definition) is 4. The lowest BCUT2D eigenvalue weighted by atomic mass is 10.0. The summed E-state index contributed by atoms with van der Waals surface area (Å²) in [6, 6.07) is 23.9. The third kappa shape index (κ3) is 5.37. The molecule has 33 heavy (non-hydrogen) atoms. The fraction of sp³-hybridized carbons (Fsp3) is 0.321. The molecule has 0 bridgehead atoms. The molecule has 0 spiro atoms. The molecule has 5 heteroatoms. The van der Waals surface area contributed by atoms with Crippen LogP contribution in [0, 0.1) is 6.92 Å². The molecule has 1 aliphatic rings. The van der Waals surface area contributed by atoms with Gasteiger partial charge in [-0.25, -0.2) is 0 Å². The molecular weight excluding hydrogens is 410 g/mol. The van der Waals surface area contributed by atoms with Crippen LogP contribution in [-0.4, -0.2) is 38.1 Å². The molecule has 1 heterocycles. The molecule has 0 aliphatic carbocycles. The van der Waals surface area contributed by atoms with Gasteiger partial charge in [0.15, 0.2) is 0 Å². The van der Waals surface area contributed by atoms with Crippen LogP contribution in [0.4, 0.5) is 11.4 Å². The van der Waals surface area contributed by atoms with Crippen molar-refractivity contribution in [1.82, 2.24) is 4.90 Å². The number of methoxy groups -OCH3 is 1. The van der Waals surface area contributed by atoms with Crippen LogP contribution in [0.3, 0.4) is 0 Å². The van der Waals surface area contributed by atoms with Gasteiger partial charge in [-0.3, -0.25) is 9.69 Å². The van der Waals surface area contributed by atoms with E-state index in [-0.39, 0.29) is 5.91 Å². The van der Waals surface area contributed by atoms with E-state index in [1.165, 1.54) is 24.1 Å². The predicted molar refractivity (Wildman–Crippen MR) is 135 cm³/mol. The Bertz CT molecular complexity index is 1080. The first-order chi connectivity index (χ1) is 16.1. The molecule has 1 atom stereocenters. The zero-order valence-corrected chi connectivity index (χ0v) is 19.8. The Morgan fingerprint density at radius 3 is 2.45 bits per heavy atom. The summed E-state index contributed by atoms with van der Waals surface area (Å²) in [5.74, 6) is 0.578. The maximum absolute atomic E-state index is 13.6. The summed E-state index contributed by atoms with van der Waals surface area (Å²) < 4.78 is 5.48. The lowest BCUT2D eigenvalue weighted by molar-refractivity contribution is -0.121.